The maximum absolute atomic E-state index is 12.3. The molecule has 1 heterocycles. The lowest BCUT2D eigenvalue weighted by atomic mass is 10.1. The molecule has 1 N–H and O–H groups in total. The van der Waals surface area contributed by atoms with Crippen LogP contribution >= 0.6 is 0 Å². The van der Waals surface area contributed by atoms with E-state index in [1.807, 2.05) is 62.3 Å². The zero-order chi connectivity index (χ0) is 15.2. The number of carbonyl (C=O) groups is 1. The first-order chi connectivity index (χ1) is 10.1. The van der Waals surface area contributed by atoms with Gasteiger partial charge in [-0.2, -0.15) is 0 Å². The summed E-state index contributed by atoms with van der Waals surface area (Å²) >= 11 is 0. The summed E-state index contributed by atoms with van der Waals surface area (Å²) in [6, 6.07) is 11.6. The Kier molecular flexibility index (Phi) is 4.93. The van der Waals surface area contributed by atoms with E-state index in [0.717, 1.165) is 12.1 Å². The molecule has 1 amide bonds. The van der Waals surface area contributed by atoms with Crippen LogP contribution in [0, 0.1) is 0 Å². The second-order valence-corrected chi connectivity index (χ2v) is 5.38. The Bertz CT molecular complexity index is 596. The van der Waals surface area contributed by atoms with E-state index in [0.29, 0.717) is 5.56 Å². The van der Waals surface area contributed by atoms with Crippen molar-refractivity contribution in [2.24, 2.45) is 0 Å². The first-order valence-electron chi connectivity index (χ1n) is 7.03. The standard InChI is InChI=1S/C17H21N3O/c1-13(11-14-7-9-18-10-8-14)19-17(21)15-5-4-6-16(12-15)20(2)3/h4-10,12-13H,11H2,1-3H3,(H,19,21)/t13-/m0/s1. The molecule has 2 rings (SSSR count). The summed E-state index contributed by atoms with van der Waals surface area (Å²) in [6.07, 6.45) is 4.33. The molecule has 1 aromatic heterocycles. The van der Waals surface area contributed by atoms with Crippen LogP contribution in [0.1, 0.15) is 22.8 Å². The number of hydrogen-bond acceptors (Lipinski definition) is 3. The molecule has 21 heavy (non-hydrogen) atoms. The zero-order valence-electron chi connectivity index (χ0n) is 12.7. The minimum Gasteiger partial charge on any atom is -0.378 e. The van der Waals surface area contributed by atoms with Gasteiger partial charge < -0.3 is 10.2 Å². The van der Waals surface area contributed by atoms with Crippen LogP contribution in [0.15, 0.2) is 48.8 Å². The van der Waals surface area contributed by atoms with Gasteiger partial charge in [-0.1, -0.05) is 6.07 Å². The van der Waals surface area contributed by atoms with Crippen LogP contribution in [0.5, 0.6) is 0 Å². The van der Waals surface area contributed by atoms with Crippen molar-refractivity contribution in [1.29, 1.82) is 0 Å². The number of benzene rings is 1. The highest BCUT2D eigenvalue weighted by Crippen LogP contribution is 2.13. The predicted molar refractivity (Wildman–Crippen MR) is 85.6 cm³/mol. The number of nitrogens with one attached hydrogen (secondary N) is 1. The highest BCUT2D eigenvalue weighted by Gasteiger charge is 2.11. The van der Waals surface area contributed by atoms with Crippen molar-refractivity contribution in [3.63, 3.8) is 0 Å². The number of nitrogens with zero attached hydrogens (tertiary/aromatic N) is 2. The van der Waals surface area contributed by atoms with Crippen LogP contribution in [0.2, 0.25) is 0 Å². The Morgan fingerprint density at radius 1 is 1.24 bits per heavy atom. The summed E-state index contributed by atoms with van der Waals surface area (Å²) in [6.45, 7) is 2.01. The first kappa shape index (κ1) is 15.0. The lowest BCUT2D eigenvalue weighted by Gasteiger charge is -2.16. The van der Waals surface area contributed by atoms with Gasteiger partial charge in [0.1, 0.15) is 0 Å². The third-order valence-corrected chi connectivity index (χ3v) is 3.29. The molecule has 0 saturated carbocycles. The summed E-state index contributed by atoms with van der Waals surface area (Å²) < 4.78 is 0. The van der Waals surface area contributed by atoms with E-state index in [-0.39, 0.29) is 11.9 Å². The van der Waals surface area contributed by atoms with Gasteiger partial charge in [0.2, 0.25) is 0 Å². The molecule has 4 nitrogen and oxygen atoms in total. The lowest BCUT2D eigenvalue weighted by Crippen LogP contribution is -2.34. The normalized spacial score (nSPS) is 11.8. The van der Waals surface area contributed by atoms with Crippen LogP contribution in [0.3, 0.4) is 0 Å². The third kappa shape index (κ3) is 4.31. The Morgan fingerprint density at radius 3 is 2.62 bits per heavy atom. The number of rotatable bonds is 5. The molecule has 1 aromatic carbocycles. The van der Waals surface area contributed by atoms with Gasteiger partial charge in [-0.05, 0) is 49.2 Å². The average molecular weight is 283 g/mol. The minimum atomic E-state index is -0.0414. The molecular weight excluding hydrogens is 262 g/mol. The molecule has 0 fully saturated rings. The molecular formula is C17H21N3O. The van der Waals surface area contributed by atoms with E-state index in [1.54, 1.807) is 12.4 Å². The van der Waals surface area contributed by atoms with Crippen molar-refractivity contribution in [3.8, 4) is 0 Å². The van der Waals surface area contributed by atoms with E-state index in [4.69, 9.17) is 0 Å². The van der Waals surface area contributed by atoms with Gasteiger partial charge in [0.05, 0.1) is 0 Å². The molecule has 0 spiro atoms. The fourth-order valence-corrected chi connectivity index (χ4v) is 2.16. The number of amides is 1. The lowest BCUT2D eigenvalue weighted by molar-refractivity contribution is 0.0940. The molecule has 2 aromatic rings. The minimum absolute atomic E-state index is 0.0414. The van der Waals surface area contributed by atoms with Gasteiger partial charge in [0, 0.05) is 43.8 Å². The second kappa shape index (κ2) is 6.88. The van der Waals surface area contributed by atoms with Crippen molar-refractivity contribution >= 4 is 11.6 Å². The van der Waals surface area contributed by atoms with Gasteiger partial charge in [-0.15, -0.1) is 0 Å². The monoisotopic (exact) mass is 283 g/mol. The Morgan fingerprint density at radius 2 is 1.95 bits per heavy atom. The van der Waals surface area contributed by atoms with Gasteiger partial charge in [-0.25, -0.2) is 0 Å². The molecule has 1 atom stereocenters. The number of carbonyl (C=O) groups excluding carboxylic acids is 1. The Labute approximate surface area is 125 Å². The summed E-state index contributed by atoms with van der Waals surface area (Å²) in [5.41, 5.74) is 2.87. The van der Waals surface area contributed by atoms with Crippen LogP contribution in [0.4, 0.5) is 5.69 Å². The van der Waals surface area contributed by atoms with Gasteiger partial charge in [0.25, 0.3) is 5.91 Å². The molecule has 0 radical (unpaired) electrons. The van der Waals surface area contributed by atoms with E-state index in [1.165, 1.54) is 5.56 Å². The molecule has 0 bridgehead atoms. The second-order valence-electron chi connectivity index (χ2n) is 5.38. The maximum atomic E-state index is 12.3. The van der Waals surface area contributed by atoms with Crippen molar-refractivity contribution in [1.82, 2.24) is 10.3 Å². The van der Waals surface area contributed by atoms with Crippen LogP contribution < -0.4 is 10.2 Å². The number of aromatic nitrogens is 1. The van der Waals surface area contributed by atoms with Crippen LogP contribution in [-0.4, -0.2) is 31.0 Å². The van der Waals surface area contributed by atoms with Crippen molar-refractivity contribution < 1.29 is 4.79 Å². The van der Waals surface area contributed by atoms with E-state index in [9.17, 15) is 4.79 Å². The van der Waals surface area contributed by atoms with E-state index < -0.39 is 0 Å². The molecule has 0 saturated heterocycles. The Balaban J connectivity index is 1.99. The molecule has 4 heteroatoms. The first-order valence-corrected chi connectivity index (χ1v) is 7.03. The van der Waals surface area contributed by atoms with E-state index in [2.05, 4.69) is 10.3 Å². The van der Waals surface area contributed by atoms with Gasteiger partial charge in [-0.3, -0.25) is 9.78 Å². The average Bonchev–Trinajstić information content (AvgIpc) is 2.48. The molecule has 0 unspecified atom stereocenters. The highest BCUT2D eigenvalue weighted by molar-refractivity contribution is 5.95. The van der Waals surface area contributed by atoms with Gasteiger partial charge in [0.15, 0.2) is 0 Å². The van der Waals surface area contributed by atoms with Crippen molar-refractivity contribution in [3.05, 3.63) is 59.9 Å². The molecule has 0 aliphatic heterocycles. The van der Waals surface area contributed by atoms with Crippen LogP contribution in [-0.2, 0) is 6.42 Å². The van der Waals surface area contributed by atoms with Crippen LogP contribution in [0.25, 0.3) is 0 Å². The molecule has 0 aliphatic carbocycles. The summed E-state index contributed by atoms with van der Waals surface area (Å²) in [5.74, 6) is -0.0414. The number of anilines is 1. The fraction of sp³-hybridized carbons (Fsp3) is 0.294. The van der Waals surface area contributed by atoms with Gasteiger partial charge >= 0.3 is 0 Å². The quantitative estimate of drug-likeness (QED) is 0.917. The largest absolute Gasteiger partial charge is 0.378 e. The molecule has 110 valence electrons. The fourth-order valence-electron chi connectivity index (χ4n) is 2.16. The SMILES string of the molecule is C[C@@H](Cc1ccncc1)NC(=O)c1cccc(N(C)C)c1. The maximum Gasteiger partial charge on any atom is 0.251 e. The summed E-state index contributed by atoms with van der Waals surface area (Å²) in [7, 11) is 3.92. The molecule has 0 aliphatic rings. The summed E-state index contributed by atoms with van der Waals surface area (Å²) in [4.78, 5) is 18.3. The third-order valence-electron chi connectivity index (χ3n) is 3.29. The van der Waals surface area contributed by atoms with Crippen molar-refractivity contribution in [2.45, 2.75) is 19.4 Å². The smallest absolute Gasteiger partial charge is 0.251 e. The van der Waals surface area contributed by atoms with E-state index >= 15 is 0 Å². The topological polar surface area (TPSA) is 45.2 Å². The Hall–Kier alpha value is -2.36. The number of hydrogen-bond donors (Lipinski definition) is 1. The zero-order valence-corrected chi connectivity index (χ0v) is 12.7. The predicted octanol–water partition coefficient (Wildman–Crippen LogP) is 2.51. The number of pyridine rings is 1. The summed E-state index contributed by atoms with van der Waals surface area (Å²) in [5, 5.41) is 3.03. The van der Waals surface area contributed by atoms with Crippen molar-refractivity contribution in [2.75, 3.05) is 19.0 Å². The highest BCUT2D eigenvalue weighted by atomic mass is 16.1.